The Morgan fingerprint density at radius 3 is 2.39 bits per heavy atom. The lowest BCUT2D eigenvalue weighted by Gasteiger charge is -2.22. The fourth-order valence-electron chi connectivity index (χ4n) is 2.24. The SMILES string of the molecule is CCCN(/N=C(\C)c1cc(Cl)ccc1N)c1c(Cl)cccc1Cl. The van der Waals surface area contributed by atoms with Crippen molar-refractivity contribution in [2.45, 2.75) is 20.3 Å². The third kappa shape index (κ3) is 4.31. The van der Waals surface area contributed by atoms with Gasteiger partial charge < -0.3 is 5.73 Å². The lowest BCUT2D eigenvalue weighted by atomic mass is 10.1. The van der Waals surface area contributed by atoms with Gasteiger partial charge in [0.05, 0.1) is 21.4 Å². The highest BCUT2D eigenvalue weighted by molar-refractivity contribution is 6.39. The van der Waals surface area contributed by atoms with Crippen molar-refractivity contribution in [1.82, 2.24) is 0 Å². The Balaban J connectivity index is 2.48. The molecule has 2 N–H and O–H groups in total. The fourth-order valence-corrected chi connectivity index (χ4v) is 3.00. The fraction of sp³-hybridized carbons (Fsp3) is 0.235. The number of benzene rings is 2. The maximum absolute atomic E-state index is 6.30. The van der Waals surface area contributed by atoms with E-state index >= 15 is 0 Å². The quantitative estimate of drug-likeness (QED) is 0.406. The summed E-state index contributed by atoms with van der Waals surface area (Å²) in [7, 11) is 0. The lowest BCUT2D eigenvalue weighted by Crippen LogP contribution is -2.20. The van der Waals surface area contributed by atoms with Gasteiger partial charge in [-0.3, -0.25) is 5.01 Å². The molecule has 0 aromatic heterocycles. The van der Waals surface area contributed by atoms with E-state index in [0.717, 1.165) is 17.7 Å². The Hall–Kier alpha value is -1.42. The van der Waals surface area contributed by atoms with E-state index in [1.807, 2.05) is 13.0 Å². The molecule has 122 valence electrons. The van der Waals surface area contributed by atoms with Gasteiger partial charge in [-0.25, -0.2) is 0 Å². The number of nitrogens with zero attached hydrogens (tertiary/aromatic N) is 2. The number of anilines is 2. The van der Waals surface area contributed by atoms with Crippen LogP contribution in [0.2, 0.25) is 15.1 Å². The van der Waals surface area contributed by atoms with E-state index in [4.69, 9.17) is 40.5 Å². The largest absolute Gasteiger partial charge is 0.398 e. The van der Waals surface area contributed by atoms with Crippen molar-refractivity contribution in [1.29, 1.82) is 0 Å². The first-order chi connectivity index (χ1) is 10.9. The average molecular weight is 371 g/mol. The van der Waals surface area contributed by atoms with Gasteiger partial charge in [-0.05, 0) is 43.7 Å². The topological polar surface area (TPSA) is 41.6 Å². The highest BCUT2D eigenvalue weighted by atomic mass is 35.5. The summed E-state index contributed by atoms with van der Waals surface area (Å²) < 4.78 is 0. The summed E-state index contributed by atoms with van der Waals surface area (Å²) in [5.41, 5.74) is 8.88. The number of hydrazone groups is 1. The number of halogens is 3. The Bertz CT molecular complexity index is 709. The molecule has 2 rings (SSSR count). The van der Waals surface area contributed by atoms with E-state index in [2.05, 4.69) is 12.0 Å². The molecule has 0 unspecified atom stereocenters. The van der Waals surface area contributed by atoms with Crippen LogP contribution in [0.3, 0.4) is 0 Å². The number of rotatable bonds is 5. The van der Waals surface area contributed by atoms with Crippen LogP contribution >= 0.6 is 34.8 Å². The molecule has 0 amide bonds. The van der Waals surface area contributed by atoms with Crippen molar-refractivity contribution in [2.75, 3.05) is 17.3 Å². The second kappa shape index (κ2) is 7.91. The van der Waals surface area contributed by atoms with Gasteiger partial charge in [-0.1, -0.05) is 47.8 Å². The predicted molar refractivity (Wildman–Crippen MR) is 102 cm³/mol. The molecule has 0 fully saturated rings. The number of hydrogen-bond donors (Lipinski definition) is 1. The molecule has 0 radical (unpaired) electrons. The van der Waals surface area contributed by atoms with E-state index in [1.54, 1.807) is 35.3 Å². The van der Waals surface area contributed by atoms with E-state index in [0.29, 0.717) is 33.0 Å². The molecule has 0 saturated heterocycles. The van der Waals surface area contributed by atoms with Crippen molar-refractivity contribution < 1.29 is 0 Å². The highest BCUT2D eigenvalue weighted by Crippen LogP contribution is 2.34. The van der Waals surface area contributed by atoms with Gasteiger partial charge in [-0.2, -0.15) is 5.10 Å². The minimum Gasteiger partial charge on any atom is -0.398 e. The van der Waals surface area contributed by atoms with Gasteiger partial charge in [-0.15, -0.1) is 0 Å². The van der Waals surface area contributed by atoms with Gasteiger partial charge in [0, 0.05) is 22.8 Å². The number of nitrogen functional groups attached to an aromatic ring is 1. The monoisotopic (exact) mass is 369 g/mol. The molecular weight excluding hydrogens is 353 g/mol. The van der Waals surface area contributed by atoms with E-state index in [1.165, 1.54) is 0 Å². The zero-order valence-corrected chi connectivity index (χ0v) is 15.3. The molecule has 3 nitrogen and oxygen atoms in total. The van der Waals surface area contributed by atoms with Crippen molar-refractivity contribution in [2.24, 2.45) is 5.10 Å². The van der Waals surface area contributed by atoms with Gasteiger partial charge >= 0.3 is 0 Å². The number of hydrogen-bond acceptors (Lipinski definition) is 3. The molecule has 0 atom stereocenters. The first kappa shape index (κ1) is 17.9. The third-order valence-corrected chi connectivity index (χ3v) is 4.15. The molecule has 0 saturated carbocycles. The molecular formula is C17H18Cl3N3. The van der Waals surface area contributed by atoms with Crippen LogP contribution in [0.4, 0.5) is 11.4 Å². The standard InChI is InChI=1S/C17H18Cl3N3/c1-3-9-23(17-14(19)5-4-6-15(17)20)22-11(2)13-10-12(18)7-8-16(13)21/h4-8,10H,3,9,21H2,1-2H3/b22-11+. The van der Waals surface area contributed by atoms with Crippen LogP contribution in [-0.4, -0.2) is 12.3 Å². The minimum absolute atomic E-state index is 0.557. The molecule has 0 aliphatic heterocycles. The summed E-state index contributed by atoms with van der Waals surface area (Å²) in [4.78, 5) is 0. The van der Waals surface area contributed by atoms with Crippen molar-refractivity contribution in [3.63, 3.8) is 0 Å². The molecule has 6 heteroatoms. The zero-order valence-electron chi connectivity index (χ0n) is 13.0. The smallest absolute Gasteiger partial charge is 0.0966 e. The van der Waals surface area contributed by atoms with Crippen LogP contribution in [0.15, 0.2) is 41.5 Å². The summed E-state index contributed by atoms with van der Waals surface area (Å²) >= 11 is 18.7. The molecule has 0 aliphatic carbocycles. The maximum Gasteiger partial charge on any atom is 0.0966 e. The summed E-state index contributed by atoms with van der Waals surface area (Å²) in [6.45, 7) is 4.63. The van der Waals surface area contributed by atoms with Crippen LogP contribution in [0.25, 0.3) is 0 Å². The Morgan fingerprint density at radius 1 is 1.13 bits per heavy atom. The van der Waals surface area contributed by atoms with Crippen LogP contribution < -0.4 is 10.7 Å². The molecule has 2 aromatic rings. The summed E-state index contributed by atoms with van der Waals surface area (Å²) in [6, 6.07) is 10.7. The van der Waals surface area contributed by atoms with E-state index in [-0.39, 0.29) is 0 Å². The number of nitrogens with two attached hydrogens (primary N) is 1. The van der Waals surface area contributed by atoms with Gasteiger partial charge in [0.2, 0.25) is 0 Å². The van der Waals surface area contributed by atoms with Crippen LogP contribution in [0, 0.1) is 0 Å². The average Bonchev–Trinajstić information content (AvgIpc) is 2.49. The zero-order chi connectivity index (χ0) is 17.0. The van der Waals surface area contributed by atoms with Crippen LogP contribution in [0.5, 0.6) is 0 Å². The summed E-state index contributed by atoms with van der Waals surface area (Å²) in [5, 5.41) is 8.21. The first-order valence-corrected chi connectivity index (χ1v) is 8.39. The second-order valence-electron chi connectivity index (χ2n) is 5.11. The third-order valence-electron chi connectivity index (χ3n) is 3.31. The minimum atomic E-state index is 0.557. The molecule has 23 heavy (non-hydrogen) atoms. The van der Waals surface area contributed by atoms with Crippen LogP contribution in [0.1, 0.15) is 25.8 Å². The van der Waals surface area contributed by atoms with Gasteiger partial charge in [0.25, 0.3) is 0 Å². The maximum atomic E-state index is 6.30. The van der Waals surface area contributed by atoms with Crippen molar-refractivity contribution in [3.8, 4) is 0 Å². The Morgan fingerprint density at radius 2 is 1.78 bits per heavy atom. The predicted octanol–water partition coefficient (Wildman–Crippen LogP) is 5.87. The van der Waals surface area contributed by atoms with E-state index in [9.17, 15) is 0 Å². The second-order valence-corrected chi connectivity index (χ2v) is 6.36. The molecule has 0 aliphatic rings. The Kier molecular flexibility index (Phi) is 6.17. The Labute approximate surface area is 151 Å². The molecule has 0 spiro atoms. The van der Waals surface area contributed by atoms with Gasteiger partial charge in [0.1, 0.15) is 0 Å². The summed E-state index contributed by atoms with van der Waals surface area (Å²) in [6.07, 6.45) is 0.892. The summed E-state index contributed by atoms with van der Waals surface area (Å²) in [5.74, 6) is 0. The lowest BCUT2D eigenvalue weighted by molar-refractivity contribution is 0.806. The first-order valence-electron chi connectivity index (χ1n) is 7.26. The molecule has 0 bridgehead atoms. The highest BCUT2D eigenvalue weighted by Gasteiger charge is 2.14. The van der Waals surface area contributed by atoms with Crippen molar-refractivity contribution >= 4 is 51.9 Å². The molecule has 0 heterocycles. The van der Waals surface area contributed by atoms with Crippen molar-refractivity contribution in [3.05, 3.63) is 57.0 Å². The van der Waals surface area contributed by atoms with Gasteiger partial charge in [0.15, 0.2) is 0 Å². The normalized spacial score (nSPS) is 11.6. The molecule has 2 aromatic carbocycles. The van der Waals surface area contributed by atoms with E-state index < -0.39 is 0 Å². The number of para-hydroxylation sites is 1. The van der Waals surface area contributed by atoms with Crippen LogP contribution in [-0.2, 0) is 0 Å².